The second-order valence-corrected chi connectivity index (χ2v) is 6.58. The summed E-state index contributed by atoms with van der Waals surface area (Å²) in [5.41, 5.74) is 1.84. The Kier molecular flexibility index (Phi) is 5.28. The van der Waals surface area contributed by atoms with Crippen molar-refractivity contribution in [3.05, 3.63) is 35.4 Å². The third kappa shape index (κ3) is 3.59. The Morgan fingerprint density at radius 1 is 1.33 bits per heavy atom. The number of carboxylic acid groups (broad SMARTS) is 1. The zero-order valence-corrected chi connectivity index (χ0v) is 13.2. The molecule has 0 saturated carbocycles. The van der Waals surface area contributed by atoms with Crippen molar-refractivity contribution in [3.8, 4) is 0 Å². The summed E-state index contributed by atoms with van der Waals surface area (Å²) in [6.07, 6.45) is 0.535. The maximum atomic E-state index is 12.5. The number of hydrogen-bond donors (Lipinski definition) is 1. The van der Waals surface area contributed by atoms with Gasteiger partial charge in [0.15, 0.2) is 0 Å². The van der Waals surface area contributed by atoms with Gasteiger partial charge in [0.25, 0.3) is 5.91 Å². The van der Waals surface area contributed by atoms with Crippen LogP contribution in [-0.4, -0.2) is 40.2 Å². The van der Waals surface area contributed by atoms with Gasteiger partial charge < -0.3 is 10.0 Å². The first-order valence-electron chi connectivity index (χ1n) is 7.25. The first kappa shape index (κ1) is 15.9. The van der Waals surface area contributed by atoms with E-state index in [0.717, 1.165) is 11.5 Å². The minimum Gasteiger partial charge on any atom is -0.481 e. The van der Waals surface area contributed by atoms with Gasteiger partial charge in [0, 0.05) is 23.9 Å². The van der Waals surface area contributed by atoms with Gasteiger partial charge >= 0.3 is 5.97 Å². The molecule has 21 heavy (non-hydrogen) atoms. The number of amides is 1. The van der Waals surface area contributed by atoms with Crippen molar-refractivity contribution in [3.63, 3.8) is 0 Å². The number of likely N-dealkylation sites (tertiary alicyclic amines) is 1. The molecule has 0 bridgehead atoms. The Morgan fingerprint density at radius 2 is 2.00 bits per heavy atom. The van der Waals surface area contributed by atoms with Gasteiger partial charge in [0.05, 0.1) is 5.92 Å². The van der Waals surface area contributed by atoms with Crippen molar-refractivity contribution in [2.24, 2.45) is 5.92 Å². The highest BCUT2D eigenvalue weighted by molar-refractivity contribution is 7.98. The fourth-order valence-corrected chi connectivity index (χ4v) is 3.32. The molecule has 1 aromatic rings. The van der Waals surface area contributed by atoms with Gasteiger partial charge in [-0.25, -0.2) is 0 Å². The predicted octanol–water partition coefficient (Wildman–Crippen LogP) is 2.87. The molecular formula is C16H21NO3S. The summed E-state index contributed by atoms with van der Waals surface area (Å²) in [6, 6.07) is 7.39. The van der Waals surface area contributed by atoms with E-state index in [1.54, 1.807) is 4.90 Å². The van der Waals surface area contributed by atoms with Crippen LogP contribution in [0.25, 0.3) is 0 Å². The summed E-state index contributed by atoms with van der Waals surface area (Å²) in [6.45, 7) is 4.45. The van der Waals surface area contributed by atoms with Crippen LogP contribution < -0.4 is 0 Å². The Labute approximate surface area is 129 Å². The summed E-state index contributed by atoms with van der Waals surface area (Å²) >= 11 is 1.84. The van der Waals surface area contributed by atoms with E-state index >= 15 is 0 Å². The van der Waals surface area contributed by atoms with Gasteiger partial charge in [-0.15, -0.1) is 0 Å². The molecule has 0 aromatic heterocycles. The summed E-state index contributed by atoms with van der Waals surface area (Å²) in [5, 5.41) is 9.13. The molecule has 2 unspecified atom stereocenters. The molecule has 1 amide bonds. The second-order valence-electron chi connectivity index (χ2n) is 5.31. The smallest absolute Gasteiger partial charge is 0.308 e. The minimum absolute atomic E-state index is 0.0686. The third-order valence-corrected chi connectivity index (χ3v) is 4.95. The predicted molar refractivity (Wildman–Crippen MR) is 84.5 cm³/mol. The van der Waals surface area contributed by atoms with E-state index in [-0.39, 0.29) is 11.9 Å². The Balaban J connectivity index is 2.05. The van der Waals surface area contributed by atoms with Crippen LogP contribution in [0.2, 0.25) is 0 Å². The lowest BCUT2D eigenvalue weighted by atomic mass is 10.0. The van der Waals surface area contributed by atoms with E-state index in [0.29, 0.717) is 18.5 Å². The zero-order chi connectivity index (χ0) is 15.4. The maximum absolute atomic E-state index is 12.5. The topological polar surface area (TPSA) is 57.6 Å². The van der Waals surface area contributed by atoms with Crippen LogP contribution in [0.3, 0.4) is 0 Å². The van der Waals surface area contributed by atoms with Crippen LogP contribution in [0.1, 0.15) is 36.2 Å². The third-order valence-electron chi connectivity index (χ3n) is 4.01. The van der Waals surface area contributed by atoms with E-state index in [9.17, 15) is 9.59 Å². The monoisotopic (exact) mass is 307 g/mol. The van der Waals surface area contributed by atoms with Crippen molar-refractivity contribution in [2.45, 2.75) is 32.1 Å². The highest BCUT2D eigenvalue weighted by Gasteiger charge is 2.38. The number of rotatable bonds is 5. The number of hydrogen-bond acceptors (Lipinski definition) is 3. The van der Waals surface area contributed by atoms with Crippen molar-refractivity contribution in [2.75, 3.05) is 12.3 Å². The summed E-state index contributed by atoms with van der Waals surface area (Å²) in [7, 11) is 0. The number of carbonyl (C=O) groups is 2. The molecule has 1 aliphatic heterocycles. The van der Waals surface area contributed by atoms with E-state index in [1.807, 2.05) is 43.0 Å². The molecule has 1 fully saturated rings. The van der Waals surface area contributed by atoms with Crippen LogP contribution in [0.5, 0.6) is 0 Å². The minimum atomic E-state index is -0.815. The second kappa shape index (κ2) is 6.98. The highest BCUT2D eigenvalue weighted by atomic mass is 32.2. The molecular weight excluding hydrogens is 286 g/mol. The number of aliphatic carboxylic acids is 1. The number of thioether (sulfide) groups is 1. The maximum Gasteiger partial charge on any atom is 0.308 e. The van der Waals surface area contributed by atoms with Gasteiger partial charge in [0.2, 0.25) is 0 Å². The summed E-state index contributed by atoms with van der Waals surface area (Å²) < 4.78 is 0. The van der Waals surface area contributed by atoms with Crippen LogP contribution in [0, 0.1) is 5.92 Å². The van der Waals surface area contributed by atoms with Crippen LogP contribution >= 0.6 is 11.8 Å². The van der Waals surface area contributed by atoms with Crippen LogP contribution in [0.4, 0.5) is 0 Å². The summed E-state index contributed by atoms with van der Waals surface area (Å²) in [4.78, 5) is 25.3. The van der Waals surface area contributed by atoms with E-state index in [2.05, 4.69) is 6.92 Å². The molecule has 4 nitrogen and oxygen atoms in total. The molecule has 0 radical (unpaired) electrons. The summed E-state index contributed by atoms with van der Waals surface area (Å²) in [5.74, 6) is 0.689. The van der Waals surface area contributed by atoms with Crippen molar-refractivity contribution < 1.29 is 14.7 Å². The molecule has 1 aliphatic rings. The van der Waals surface area contributed by atoms with Crippen LogP contribution in [-0.2, 0) is 10.5 Å². The van der Waals surface area contributed by atoms with E-state index in [4.69, 9.17) is 5.11 Å². The highest BCUT2D eigenvalue weighted by Crippen LogP contribution is 2.26. The van der Waals surface area contributed by atoms with Gasteiger partial charge in [0.1, 0.15) is 0 Å². The molecule has 2 rings (SSSR count). The molecule has 114 valence electrons. The number of carboxylic acids is 1. The Hall–Kier alpha value is -1.49. The van der Waals surface area contributed by atoms with Gasteiger partial charge in [-0.3, -0.25) is 9.59 Å². The van der Waals surface area contributed by atoms with Crippen molar-refractivity contribution in [1.29, 1.82) is 0 Å². The quantitative estimate of drug-likeness (QED) is 0.909. The standard InChI is InChI=1S/C16H21NO3S/c1-3-21-10-12-4-6-13(7-5-12)15(18)17-9-8-14(11(17)2)16(19)20/h4-7,11,14H,3,8-10H2,1-2H3,(H,19,20). The van der Waals surface area contributed by atoms with Crippen molar-refractivity contribution >= 4 is 23.6 Å². The molecule has 1 heterocycles. The molecule has 5 heteroatoms. The largest absolute Gasteiger partial charge is 0.481 e. The molecule has 0 aliphatic carbocycles. The van der Waals surface area contributed by atoms with Crippen molar-refractivity contribution in [1.82, 2.24) is 4.90 Å². The average molecular weight is 307 g/mol. The number of nitrogens with zero attached hydrogens (tertiary/aromatic N) is 1. The first-order valence-corrected chi connectivity index (χ1v) is 8.40. The fourth-order valence-electron chi connectivity index (χ4n) is 2.69. The van der Waals surface area contributed by atoms with Gasteiger partial charge in [-0.2, -0.15) is 11.8 Å². The number of carbonyl (C=O) groups excluding carboxylic acids is 1. The van der Waals surface area contributed by atoms with E-state index in [1.165, 1.54) is 5.56 Å². The Morgan fingerprint density at radius 3 is 2.52 bits per heavy atom. The first-order chi connectivity index (χ1) is 10.0. The van der Waals surface area contributed by atoms with Gasteiger partial charge in [-0.05, 0) is 36.8 Å². The van der Waals surface area contributed by atoms with Gasteiger partial charge in [-0.1, -0.05) is 19.1 Å². The molecule has 1 aromatic carbocycles. The average Bonchev–Trinajstić information content (AvgIpc) is 2.87. The number of benzene rings is 1. The van der Waals surface area contributed by atoms with Crippen LogP contribution in [0.15, 0.2) is 24.3 Å². The molecule has 0 spiro atoms. The van der Waals surface area contributed by atoms with E-state index < -0.39 is 11.9 Å². The zero-order valence-electron chi connectivity index (χ0n) is 12.4. The molecule has 1 N–H and O–H groups in total. The molecule has 1 saturated heterocycles. The fraction of sp³-hybridized carbons (Fsp3) is 0.500. The lowest BCUT2D eigenvalue weighted by Gasteiger charge is -2.23. The Bertz CT molecular complexity index is 515. The normalized spacial score (nSPS) is 21.5. The molecule has 2 atom stereocenters. The lowest BCUT2D eigenvalue weighted by molar-refractivity contribution is -0.142. The lowest BCUT2D eigenvalue weighted by Crippen LogP contribution is -2.37. The SMILES string of the molecule is CCSCc1ccc(C(=O)N2CCC(C(=O)O)C2C)cc1.